The molecule has 2 aromatic carbocycles. The zero-order valence-electron chi connectivity index (χ0n) is 10.2. The van der Waals surface area contributed by atoms with Crippen molar-refractivity contribution in [2.45, 2.75) is 6.42 Å². The Balaban J connectivity index is 0.000000169. The van der Waals surface area contributed by atoms with Crippen LogP contribution in [0.1, 0.15) is 6.42 Å². The molecule has 0 heterocycles. The first-order chi connectivity index (χ1) is 8.86. The molecule has 1 aliphatic rings. The van der Waals surface area contributed by atoms with Gasteiger partial charge < -0.3 is 0 Å². The van der Waals surface area contributed by atoms with E-state index in [2.05, 4.69) is 87.2 Å². The topological polar surface area (TPSA) is 0 Å². The fourth-order valence-electron chi connectivity index (χ4n) is 1.71. The molecule has 0 unspecified atom stereocenters. The van der Waals surface area contributed by atoms with Crippen LogP contribution in [0.4, 0.5) is 0 Å². The molecule has 0 amide bonds. The quantitative estimate of drug-likeness (QED) is 0.655. The summed E-state index contributed by atoms with van der Waals surface area (Å²) in [5.74, 6) is 0. The van der Waals surface area contributed by atoms with E-state index in [-0.39, 0.29) is 0 Å². The maximum atomic E-state index is 2.16. The Morgan fingerprint density at radius 2 is 1.22 bits per heavy atom. The molecule has 0 spiro atoms. The van der Waals surface area contributed by atoms with Crippen LogP contribution in [0, 0.1) is 0 Å². The third-order valence-electron chi connectivity index (χ3n) is 2.65. The van der Waals surface area contributed by atoms with Gasteiger partial charge in [0.05, 0.1) is 0 Å². The Bertz CT molecular complexity index is 487. The molecule has 1 aliphatic carbocycles. The summed E-state index contributed by atoms with van der Waals surface area (Å²) in [5.41, 5.74) is 2.55. The first kappa shape index (κ1) is 13.1. The molecule has 0 radical (unpaired) electrons. The number of hydrogen-bond donors (Lipinski definition) is 0. The van der Waals surface area contributed by atoms with E-state index in [0.29, 0.717) is 0 Å². The van der Waals surface area contributed by atoms with Crippen molar-refractivity contribution >= 4 is 0 Å². The summed E-state index contributed by atoms with van der Waals surface area (Å²) in [7, 11) is 0. The van der Waals surface area contributed by atoms with Crippen LogP contribution in [-0.2, 0) is 20.4 Å². The Morgan fingerprint density at radius 3 is 1.50 bits per heavy atom. The van der Waals surface area contributed by atoms with Gasteiger partial charge in [0.1, 0.15) is 0 Å². The molecule has 87 valence electrons. The second kappa shape index (κ2) is 7.15. The summed E-state index contributed by atoms with van der Waals surface area (Å²) in [4.78, 5) is 0. The molecule has 0 fully saturated rings. The van der Waals surface area contributed by atoms with E-state index < -0.39 is 0 Å². The van der Waals surface area contributed by atoms with Crippen LogP contribution >= 0.6 is 0 Å². The van der Waals surface area contributed by atoms with Gasteiger partial charge in [-0.25, -0.2) is 0 Å². The summed E-state index contributed by atoms with van der Waals surface area (Å²) in [6.45, 7) is 0. The Hall–Kier alpha value is -1.37. The van der Waals surface area contributed by atoms with Gasteiger partial charge in [0, 0.05) is 0 Å². The van der Waals surface area contributed by atoms with Crippen LogP contribution < -0.4 is 0 Å². The second-order valence-electron chi connectivity index (χ2n) is 4.06. The van der Waals surface area contributed by atoms with Crippen molar-refractivity contribution in [1.29, 1.82) is 0 Å². The number of allylic oxidation sites excluding steroid dienone is 4. The van der Waals surface area contributed by atoms with Crippen LogP contribution in [0.3, 0.4) is 0 Å². The minimum absolute atomic E-state index is 1.17. The number of hydrogen-bond acceptors (Lipinski definition) is 0. The summed E-state index contributed by atoms with van der Waals surface area (Å²) in [5, 5.41) is 0. The average Bonchev–Trinajstić information content (AvgIpc) is 2.93. The predicted molar refractivity (Wildman–Crippen MR) is 73.7 cm³/mol. The zero-order valence-corrected chi connectivity index (χ0v) is 11.8. The maximum Gasteiger partial charge on any atom is -0.0184 e. The van der Waals surface area contributed by atoms with E-state index in [1.54, 1.807) is 0 Å². The minimum Gasteiger partial charge on any atom is -0.0622 e. The molecular weight excluding hydrogens is 252 g/mol. The summed E-state index contributed by atoms with van der Waals surface area (Å²) < 4.78 is 1.47. The van der Waals surface area contributed by atoms with Crippen LogP contribution in [0.2, 0.25) is 0 Å². The zero-order chi connectivity index (χ0) is 12.6. The van der Waals surface area contributed by atoms with Crippen molar-refractivity contribution in [2.75, 3.05) is 0 Å². The molecule has 0 atom stereocenters. The normalized spacial score (nSPS) is 12.5. The number of benzene rings is 2. The van der Waals surface area contributed by atoms with E-state index >= 15 is 0 Å². The molecular formula is C17H15Ti. The molecule has 0 aromatic heterocycles. The third-order valence-corrected chi connectivity index (χ3v) is 3.23. The van der Waals surface area contributed by atoms with Crippen LogP contribution in [0.25, 0.3) is 11.1 Å². The monoisotopic (exact) mass is 267 g/mol. The van der Waals surface area contributed by atoms with Crippen molar-refractivity contribution in [2.24, 2.45) is 0 Å². The van der Waals surface area contributed by atoms with Crippen molar-refractivity contribution in [3.63, 3.8) is 0 Å². The van der Waals surface area contributed by atoms with Gasteiger partial charge in [-0.05, 0) is 11.1 Å². The predicted octanol–water partition coefficient (Wildman–Crippen LogP) is 4.73. The standard InChI is InChI=1S/C12H10.C5H5.Ti/c1-3-7-11(8-4-1)12-9-5-2-6-10-12;1-2-4-5-3-1;/h1-10H;1-3H,4H2;. The van der Waals surface area contributed by atoms with Gasteiger partial charge in [-0.2, -0.15) is 0 Å². The summed E-state index contributed by atoms with van der Waals surface area (Å²) >= 11 is 2.14. The molecule has 0 aliphatic heterocycles. The Kier molecular flexibility index (Phi) is 5.20. The SMILES string of the molecule is [Ti][C]1=CC=CC1.c1ccc(-c2ccccc2)cc1. The fourth-order valence-corrected chi connectivity index (χ4v) is 2.04. The van der Waals surface area contributed by atoms with Crippen molar-refractivity contribution in [3.8, 4) is 11.1 Å². The van der Waals surface area contributed by atoms with E-state index in [4.69, 9.17) is 0 Å². The molecule has 3 rings (SSSR count). The second-order valence-corrected chi connectivity index (χ2v) is 5.06. The fraction of sp³-hybridized carbons (Fsp3) is 0.0588. The number of rotatable bonds is 1. The van der Waals surface area contributed by atoms with Gasteiger partial charge in [-0.15, -0.1) is 0 Å². The molecule has 1 heteroatoms. The molecule has 18 heavy (non-hydrogen) atoms. The summed E-state index contributed by atoms with van der Waals surface area (Å²) in [6, 6.07) is 20.8. The maximum absolute atomic E-state index is 2.16. The first-order valence-corrected chi connectivity index (χ1v) is 6.82. The molecule has 0 N–H and O–H groups in total. The third kappa shape index (κ3) is 4.14. The van der Waals surface area contributed by atoms with Crippen LogP contribution in [0.5, 0.6) is 0 Å². The van der Waals surface area contributed by atoms with E-state index in [0.717, 1.165) is 0 Å². The van der Waals surface area contributed by atoms with Crippen LogP contribution in [0.15, 0.2) is 82.8 Å². The molecule has 0 saturated carbocycles. The van der Waals surface area contributed by atoms with Gasteiger partial charge >= 0.3 is 49.0 Å². The van der Waals surface area contributed by atoms with Gasteiger partial charge in [-0.1, -0.05) is 60.7 Å². The van der Waals surface area contributed by atoms with E-state index in [1.165, 1.54) is 21.4 Å². The van der Waals surface area contributed by atoms with Gasteiger partial charge in [-0.3, -0.25) is 0 Å². The van der Waals surface area contributed by atoms with Crippen molar-refractivity contribution in [1.82, 2.24) is 0 Å². The smallest absolute Gasteiger partial charge is 0.0184 e. The van der Waals surface area contributed by atoms with E-state index in [9.17, 15) is 0 Å². The van der Waals surface area contributed by atoms with Gasteiger partial charge in [0.2, 0.25) is 0 Å². The summed E-state index contributed by atoms with van der Waals surface area (Å²) in [6.07, 6.45) is 7.56. The van der Waals surface area contributed by atoms with Crippen LogP contribution in [-0.4, -0.2) is 0 Å². The van der Waals surface area contributed by atoms with Crippen molar-refractivity contribution < 1.29 is 20.4 Å². The largest absolute Gasteiger partial charge is 0.0622 e. The van der Waals surface area contributed by atoms with Gasteiger partial charge in [0.15, 0.2) is 0 Å². The van der Waals surface area contributed by atoms with Gasteiger partial charge in [0.25, 0.3) is 0 Å². The molecule has 2 aromatic rings. The Morgan fingerprint density at radius 1 is 0.722 bits per heavy atom. The molecule has 0 nitrogen and oxygen atoms in total. The molecule has 0 saturated heterocycles. The van der Waals surface area contributed by atoms with E-state index in [1.807, 2.05) is 12.1 Å². The minimum atomic E-state index is 1.17. The molecule has 0 bridgehead atoms. The van der Waals surface area contributed by atoms with Crippen molar-refractivity contribution in [3.05, 3.63) is 82.8 Å². The Labute approximate surface area is 120 Å². The average molecular weight is 267 g/mol. The first-order valence-electron chi connectivity index (χ1n) is 6.04.